The number of fused-ring (bicyclic) bond motifs is 1. The van der Waals surface area contributed by atoms with Crippen LogP contribution in [0, 0.1) is 6.92 Å². The lowest BCUT2D eigenvalue weighted by molar-refractivity contribution is 0.471. The Bertz CT molecular complexity index is 759. The van der Waals surface area contributed by atoms with E-state index in [0.29, 0.717) is 5.75 Å². The van der Waals surface area contributed by atoms with Crippen molar-refractivity contribution < 1.29 is 5.11 Å². The van der Waals surface area contributed by atoms with Crippen LogP contribution < -0.4 is 0 Å². The minimum atomic E-state index is 0.317. The van der Waals surface area contributed by atoms with Gasteiger partial charge in [0.2, 0.25) is 0 Å². The molecule has 0 radical (unpaired) electrons. The summed E-state index contributed by atoms with van der Waals surface area (Å²) in [5, 5.41) is 9.92. The molecule has 2 aromatic carbocycles. The summed E-state index contributed by atoms with van der Waals surface area (Å²) in [5.41, 5.74) is 3.98. The van der Waals surface area contributed by atoms with E-state index in [0.717, 1.165) is 41.0 Å². The van der Waals surface area contributed by atoms with Crippen LogP contribution in [0.4, 0.5) is 0 Å². The van der Waals surface area contributed by atoms with Crippen LogP contribution in [0.1, 0.15) is 18.9 Å². The van der Waals surface area contributed by atoms with Gasteiger partial charge in [0, 0.05) is 12.1 Å². The number of hydrogen-bond acceptors (Lipinski definition) is 2. The van der Waals surface area contributed by atoms with Crippen LogP contribution in [-0.4, -0.2) is 14.7 Å². The first-order valence-electron chi connectivity index (χ1n) is 6.96. The molecule has 1 N–H and O–H groups in total. The van der Waals surface area contributed by atoms with Gasteiger partial charge in [-0.1, -0.05) is 31.2 Å². The fourth-order valence-corrected chi connectivity index (χ4v) is 2.49. The largest absolute Gasteiger partial charge is 0.508 e. The normalized spacial score (nSPS) is 11.1. The maximum Gasteiger partial charge on any atom is 0.141 e. The number of nitrogens with zero attached hydrogens (tertiary/aromatic N) is 2. The second kappa shape index (κ2) is 5.00. The quantitative estimate of drug-likeness (QED) is 0.774. The highest BCUT2D eigenvalue weighted by molar-refractivity contribution is 5.80. The third-order valence-electron chi connectivity index (χ3n) is 3.57. The lowest BCUT2D eigenvalue weighted by Crippen LogP contribution is -1.99. The van der Waals surface area contributed by atoms with Gasteiger partial charge < -0.3 is 9.67 Å². The Morgan fingerprint density at radius 3 is 2.70 bits per heavy atom. The molecule has 0 aliphatic heterocycles. The van der Waals surface area contributed by atoms with Crippen LogP contribution in [0.15, 0.2) is 42.5 Å². The number of benzene rings is 2. The van der Waals surface area contributed by atoms with Crippen molar-refractivity contribution in [3.8, 4) is 17.1 Å². The highest BCUT2D eigenvalue weighted by atomic mass is 16.3. The van der Waals surface area contributed by atoms with Gasteiger partial charge in [-0.25, -0.2) is 4.98 Å². The molecule has 3 heteroatoms. The van der Waals surface area contributed by atoms with E-state index < -0.39 is 0 Å². The Labute approximate surface area is 118 Å². The van der Waals surface area contributed by atoms with Crippen molar-refractivity contribution in [2.75, 3.05) is 0 Å². The van der Waals surface area contributed by atoms with Crippen molar-refractivity contribution in [2.45, 2.75) is 26.8 Å². The summed E-state index contributed by atoms with van der Waals surface area (Å²) in [6.07, 6.45) is 1.05. The Hall–Kier alpha value is -2.29. The number of hydrogen-bond donors (Lipinski definition) is 1. The molecule has 20 heavy (non-hydrogen) atoms. The predicted molar refractivity (Wildman–Crippen MR) is 81.9 cm³/mol. The number of para-hydroxylation sites is 2. The molecular weight excluding hydrogens is 248 g/mol. The zero-order valence-electron chi connectivity index (χ0n) is 11.8. The van der Waals surface area contributed by atoms with Crippen LogP contribution in [0.25, 0.3) is 22.4 Å². The third kappa shape index (κ3) is 2.05. The molecule has 0 aliphatic carbocycles. The Morgan fingerprint density at radius 1 is 1.15 bits per heavy atom. The highest BCUT2D eigenvalue weighted by Gasteiger charge is 2.12. The van der Waals surface area contributed by atoms with Gasteiger partial charge in [-0.15, -0.1) is 0 Å². The molecule has 0 bridgehead atoms. The number of imidazole rings is 1. The lowest BCUT2D eigenvalue weighted by Gasteiger charge is -2.08. The van der Waals surface area contributed by atoms with E-state index in [-0.39, 0.29) is 0 Å². The standard InChI is InChI=1S/C17H18N2O/c1-3-10-19-15-7-5-4-6-14(15)18-17(19)13-9-8-12(2)16(20)11-13/h4-9,11,20H,3,10H2,1-2H3. The molecule has 3 rings (SSSR count). The Morgan fingerprint density at radius 2 is 1.95 bits per heavy atom. The second-order valence-corrected chi connectivity index (χ2v) is 5.08. The van der Waals surface area contributed by atoms with Crippen LogP contribution in [0.3, 0.4) is 0 Å². The zero-order chi connectivity index (χ0) is 14.1. The molecule has 3 aromatic rings. The van der Waals surface area contributed by atoms with Crippen LogP contribution >= 0.6 is 0 Å². The summed E-state index contributed by atoms with van der Waals surface area (Å²) in [6, 6.07) is 13.9. The molecule has 1 heterocycles. The van der Waals surface area contributed by atoms with Crippen LogP contribution in [0.5, 0.6) is 5.75 Å². The Balaban J connectivity index is 2.23. The van der Waals surface area contributed by atoms with Gasteiger partial charge in [-0.3, -0.25) is 0 Å². The number of aromatic hydroxyl groups is 1. The maximum atomic E-state index is 9.92. The average Bonchev–Trinajstić information content (AvgIpc) is 2.82. The molecule has 0 spiro atoms. The highest BCUT2D eigenvalue weighted by Crippen LogP contribution is 2.28. The van der Waals surface area contributed by atoms with E-state index in [4.69, 9.17) is 4.98 Å². The summed E-state index contributed by atoms with van der Waals surface area (Å²) >= 11 is 0. The second-order valence-electron chi connectivity index (χ2n) is 5.08. The molecule has 0 aliphatic rings. The van der Waals surface area contributed by atoms with Gasteiger partial charge >= 0.3 is 0 Å². The topological polar surface area (TPSA) is 38.0 Å². The lowest BCUT2D eigenvalue weighted by atomic mass is 10.1. The number of aryl methyl sites for hydroxylation is 2. The molecule has 1 aromatic heterocycles. The van der Waals surface area contributed by atoms with Crippen molar-refractivity contribution >= 4 is 11.0 Å². The summed E-state index contributed by atoms with van der Waals surface area (Å²) in [6.45, 7) is 4.98. The molecule has 0 fully saturated rings. The van der Waals surface area contributed by atoms with E-state index in [1.54, 1.807) is 6.07 Å². The zero-order valence-corrected chi connectivity index (χ0v) is 11.8. The minimum absolute atomic E-state index is 0.317. The van der Waals surface area contributed by atoms with Crippen molar-refractivity contribution in [3.63, 3.8) is 0 Å². The minimum Gasteiger partial charge on any atom is -0.508 e. The van der Waals surface area contributed by atoms with E-state index in [1.807, 2.05) is 37.3 Å². The van der Waals surface area contributed by atoms with E-state index >= 15 is 0 Å². The molecular formula is C17H18N2O. The summed E-state index contributed by atoms with van der Waals surface area (Å²) in [4.78, 5) is 4.72. The smallest absolute Gasteiger partial charge is 0.141 e. The summed E-state index contributed by atoms with van der Waals surface area (Å²) in [7, 11) is 0. The van der Waals surface area contributed by atoms with E-state index in [1.165, 1.54) is 0 Å². The maximum absolute atomic E-state index is 9.92. The summed E-state index contributed by atoms with van der Waals surface area (Å²) in [5.74, 6) is 1.24. The summed E-state index contributed by atoms with van der Waals surface area (Å²) < 4.78 is 2.22. The fourth-order valence-electron chi connectivity index (χ4n) is 2.49. The van der Waals surface area contributed by atoms with Crippen LogP contribution in [0.2, 0.25) is 0 Å². The number of aromatic nitrogens is 2. The van der Waals surface area contributed by atoms with Gasteiger partial charge in [-0.05, 0) is 37.1 Å². The first-order valence-corrected chi connectivity index (χ1v) is 6.96. The molecule has 102 valence electrons. The first-order chi connectivity index (χ1) is 9.70. The van der Waals surface area contributed by atoms with Gasteiger partial charge in [0.1, 0.15) is 11.6 Å². The van der Waals surface area contributed by atoms with E-state index in [2.05, 4.69) is 17.6 Å². The third-order valence-corrected chi connectivity index (χ3v) is 3.57. The fraction of sp³-hybridized carbons (Fsp3) is 0.235. The molecule has 0 amide bonds. The van der Waals surface area contributed by atoms with E-state index in [9.17, 15) is 5.11 Å². The van der Waals surface area contributed by atoms with Gasteiger partial charge in [0.15, 0.2) is 0 Å². The molecule has 0 saturated heterocycles. The number of rotatable bonds is 3. The average molecular weight is 266 g/mol. The van der Waals surface area contributed by atoms with Gasteiger partial charge in [0.25, 0.3) is 0 Å². The molecule has 0 saturated carbocycles. The van der Waals surface area contributed by atoms with Gasteiger partial charge in [-0.2, -0.15) is 0 Å². The molecule has 3 nitrogen and oxygen atoms in total. The molecule has 0 unspecified atom stereocenters. The predicted octanol–water partition coefficient (Wildman–Crippen LogP) is 4.13. The van der Waals surface area contributed by atoms with Gasteiger partial charge in [0.05, 0.1) is 11.0 Å². The Kier molecular flexibility index (Phi) is 3.18. The number of phenolic OH excluding ortho intramolecular Hbond substituents is 1. The van der Waals surface area contributed by atoms with Crippen LogP contribution in [-0.2, 0) is 6.54 Å². The van der Waals surface area contributed by atoms with Crippen molar-refractivity contribution in [2.24, 2.45) is 0 Å². The van der Waals surface area contributed by atoms with Crippen molar-refractivity contribution in [1.82, 2.24) is 9.55 Å². The SMILES string of the molecule is CCCn1c(-c2ccc(C)c(O)c2)nc2ccccc21. The first kappa shape index (κ1) is 12.7. The molecule has 0 atom stereocenters. The number of phenols is 1. The monoisotopic (exact) mass is 266 g/mol. The van der Waals surface area contributed by atoms with Crippen molar-refractivity contribution in [3.05, 3.63) is 48.0 Å². The van der Waals surface area contributed by atoms with Crippen molar-refractivity contribution in [1.29, 1.82) is 0 Å².